The molecule has 0 saturated heterocycles. The first kappa shape index (κ1) is 19.8. The summed E-state index contributed by atoms with van der Waals surface area (Å²) in [4.78, 5) is 12.7. The third-order valence-corrected chi connectivity index (χ3v) is 5.01. The van der Waals surface area contributed by atoms with E-state index >= 15 is 0 Å². The molecule has 32 heavy (non-hydrogen) atoms. The number of hydrogen-bond donors (Lipinski definition) is 0. The molecule has 1 fully saturated rings. The number of hydrogen-bond acceptors (Lipinski definition) is 7. The van der Waals surface area contributed by atoms with E-state index in [1.165, 1.54) is 16.9 Å². The van der Waals surface area contributed by atoms with Gasteiger partial charge in [-0.15, -0.1) is 5.10 Å². The fraction of sp³-hybridized carbons (Fsp3) is 0.227. The van der Waals surface area contributed by atoms with Crippen LogP contribution in [0.15, 0.2) is 48.8 Å². The van der Waals surface area contributed by atoms with Gasteiger partial charge in [0.05, 0.1) is 12.3 Å². The lowest BCUT2D eigenvalue weighted by Crippen LogP contribution is -2.08. The molecule has 0 spiro atoms. The van der Waals surface area contributed by atoms with Crippen LogP contribution in [0.2, 0.25) is 0 Å². The number of pyridine rings is 1. The van der Waals surface area contributed by atoms with Crippen molar-refractivity contribution in [2.24, 2.45) is 5.92 Å². The molecule has 1 aliphatic rings. The van der Waals surface area contributed by atoms with Gasteiger partial charge in [0.2, 0.25) is 0 Å². The smallest absolute Gasteiger partial charge is 0.387 e. The molecule has 1 saturated carbocycles. The van der Waals surface area contributed by atoms with E-state index < -0.39 is 6.61 Å². The summed E-state index contributed by atoms with van der Waals surface area (Å²) in [6.45, 7) is -2.57. The van der Waals surface area contributed by atoms with Gasteiger partial charge < -0.3 is 9.47 Å². The second-order valence-corrected chi connectivity index (χ2v) is 7.29. The number of aromatic nitrogens is 5. The summed E-state index contributed by atoms with van der Waals surface area (Å²) in [5, 5.41) is 13.4. The summed E-state index contributed by atoms with van der Waals surface area (Å²) >= 11 is 0. The molecule has 1 aromatic carbocycles. The van der Waals surface area contributed by atoms with Gasteiger partial charge in [-0.2, -0.15) is 23.5 Å². The molecule has 0 atom stereocenters. The normalized spacial score (nSPS) is 13.3. The van der Waals surface area contributed by atoms with Gasteiger partial charge in [0.25, 0.3) is 5.78 Å². The predicted octanol–water partition coefficient (Wildman–Crippen LogP) is 4.12. The average Bonchev–Trinajstić information content (AvgIpc) is 3.53. The van der Waals surface area contributed by atoms with Crippen LogP contribution in [0.1, 0.15) is 18.5 Å². The number of nitrogens with zero attached hydrogens (tertiary/aromatic N) is 6. The fourth-order valence-corrected chi connectivity index (χ4v) is 3.25. The standard InChI is InChI=1S/C22H16F2N6O2/c23-21(24)32-19-16(2-1-3-18(19)31-12-13-4-5-13)17-8-9-26-22-28-20(29-30(17)22)14-6-7-15(10-25)27-11-14/h1-3,6-9,11,13,21H,4-5,12H2. The molecule has 8 nitrogen and oxygen atoms in total. The topological polar surface area (TPSA) is 98.2 Å². The number of alkyl halides is 2. The zero-order valence-electron chi connectivity index (χ0n) is 16.7. The lowest BCUT2D eigenvalue weighted by atomic mass is 10.1. The first-order valence-corrected chi connectivity index (χ1v) is 9.91. The molecule has 160 valence electrons. The van der Waals surface area contributed by atoms with Crippen LogP contribution in [0.3, 0.4) is 0 Å². The molecule has 0 radical (unpaired) electrons. The van der Waals surface area contributed by atoms with E-state index in [9.17, 15) is 8.78 Å². The number of nitriles is 1. The molecule has 0 unspecified atom stereocenters. The van der Waals surface area contributed by atoms with E-state index in [4.69, 9.17) is 14.7 Å². The highest BCUT2D eigenvalue weighted by Gasteiger charge is 2.25. The van der Waals surface area contributed by atoms with Crippen molar-refractivity contribution in [1.82, 2.24) is 24.6 Å². The minimum Gasteiger partial charge on any atom is -0.489 e. The van der Waals surface area contributed by atoms with Crippen molar-refractivity contribution in [3.63, 3.8) is 0 Å². The molecule has 0 amide bonds. The molecule has 0 N–H and O–H groups in total. The molecule has 4 aromatic rings. The van der Waals surface area contributed by atoms with Crippen molar-refractivity contribution in [3.8, 4) is 40.2 Å². The Morgan fingerprint density at radius 2 is 2.03 bits per heavy atom. The Kier molecular flexibility index (Phi) is 5.07. The Balaban J connectivity index is 1.59. The molecular weight excluding hydrogens is 418 g/mol. The highest BCUT2D eigenvalue weighted by atomic mass is 19.3. The van der Waals surface area contributed by atoms with E-state index in [1.54, 1.807) is 36.4 Å². The maximum Gasteiger partial charge on any atom is 0.387 e. The van der Waals surface area contributed by atoms with Crippen LogP contribution >= 0.6 is 0 Å². The first-order chi connectivity index (χ1) is 15.6. The van der Waals surface area contributed by atoms with E-state index in [1.807, 2.05) is 6.07 Å². The van der Waals surface area contributed by atoms with Gasteiger partial charge in [0, 0.05) is 23.5 Å². The van der Waals surface area contributed by atoms with Crippen molar-refractivity contribution in [1.29, 1.82) is 5.26 Å². The third kappa shape index (κ3) is 3.92. The van der Waals surface area contributed by atoms with Crippen molar-refractivity contribution >= 4 is 5.78 Å². The van der Waals surface area contributed by atoms with Crippen molar-refractivity contribution in [2.45, 2.75) is 19.5 Å². The molecular formula is C22H16F2N6O2. The summed E-state index contributed by atoms with van der Waals surface area (Å²) in [5.41, 5.74) is 1.70. The van der Waals surface area contributed by atoms with Crippen LogP contribution in [0.25, 0.3) is 28.4 Å². The van der Waals surface area contributed by atoms with Crippen LogP contribution in [-0.4, -0.2) is 37.8 Å². The number of rotatable bonds is 7. The second-order valence-electron chi connectivity index (χ2n) is 7.29. The highest BCUT2D eigenvalue weighted by Crippen LogP contribution is 2.40. The summed E-state index contributed by atoms with van der Waals surface area (Å²) < 4.78 is 38.6. The summed E-state index contributed by atoms with van der Waals surface area (Å²) in [6.07, 6.45) is 5.15. The van der Waals surface area contributed by atoms with Crippen molar-refractivity contribution < 1.29 is 18.3 Å². The number of fused-ring (bicyclic) bond motifs is 1. The lowest BCUT2D eigenvalue weighted by molar-refractivity contribution is -0.0511. The van der Waals surface area contributed by atoms with E-state index in [2.05, 4.69) is 20.1 Å². The SMILES string of the molecule is N#Cc1ccc(-c2nc3nccc(-c4cccc(OCC5CC5)c4OC(F)F)n3n2)cn1. The summed E-state index contributed by atoms with van der Waals surface area (Å²) in [7, 11) is 0. The number of para-hydroxylation sites is 1. The van der Waals surface area contributed by atoms with E-state index in [0.29, 0.717) is 35.2 Å². The number of halogens is 2. The Morgan fingerprint density at radius 3 is 2.75 bits per heavy atom. The third-order valence-electron chi connectivity index (χ3n) is 5.01. The average molecular weight is 434 g/mol. The van der Waals surface area contributed by atoms with Crippen molar-refractivity contribution in [2.75, 3.05) is 6.61 Å². The Morgan fingerprint density at radius 1 is 1.16 bits per heavy atom. The predicted molar refractivity (Wildman–Crippen MR) is 109 cm³/mol. The molecule has 1 aliphatic carbocycles. The van der Waals surface area contributed by atoms with Crippen LogP contribution in [0.4, 0.5) is 8.78 Å². The van der Waals surface area contributed by atoms with Gasteiger partial charge in [0.1, 0.15) is 11.8 Å². The van der Waals surface area contributed by atoms with Crippen LogP contribution in [0, 0.1) is 17.2 Å². The molecule has 3 aromatic heterocycles. The van der Waals surface area contributed by atoms with Crippen molar-refractivity contribution in [3.05, 3.63) is 54.5 Å². The van der Waals surface area contributed by atoms with Gasteiger partial charge in [-0.1, -0.05) is 6.07 Å². The second kappa shape index (κ2) is 8.19. The van der Waals surface area contributed by atoms with Gasteiger partial charge in [-0.05, 0) is 49.1 Å². The molecule has 10 heteroatoms. The summed E-state index contributed by atoms with van der Waals surface area (Å²) in [5.74, 6) is 1.24. The summed E-state index contributed by atoms with van der Waals surface area (Å²) in [6, 6.07) is 11.8. The lowest BCUT2D eigenvalue weighted by Gasteiger charge is -2.16. The Labute approximate surface area is 181 Å². The maximum absolute atomic E-state index is 13.3. The fourth-order valence-electron chi connectivity index (χ4n) is 3.25. The Hall–Kier alpha value is -4.13. The quantitative estimate of drug-likeness (QED) is 0.432. The van der Waals surface area contributed by atoms with Crippen LogP contribution in [-0.2, 0) is 0 Å². The number of benzene rings is 1. The maximum atomic E-state index is 13.3. The zero-order valence-corrected chi connectivity index (χ0v) is 16.7. The minimum atomic E-state index is -3.02. The molecule has 3 heterocycles. The molecule has 5 rings (SSSR count). The van der Waals surface area contributed by atoms with E-state index in [-0.39, 0.29) is 23.0 Å². The minimum absolute atomic E-state index is 0.0623. The zero-order chi connectivity index (χ0) is 22.1. The van der Waals surface area contributed by atoms with Gasteiger partial charge >= 0.3 is 6.61 Å². The van der Waals surface area contributed by atoms with Crippen LogP contribution in [0.5, 0.6) is 11.5 Å². The van der Waals surface area contributed by atoms with E-state index in [0.717, 1.165) is 12.8 Å². The largest absolute Gasteiger partial charge is 0.489 e. The van der Waals surface area contributed by atoms with Gasteiger partial charge in [-0.3, -0.25) is 0 Å². The highest BCUT2D eigenvalue weighted by molar-refractivity contribution is 5.73. The molecule has 0 bridgehead atoms. The first-order valence-electron chi connectivity index (χ1n) is 9.91. The Bertz CT molecular complexity index is 1310. The molecule has 0 aliphatic heterocycles. The number of ether oxygens (including phenoxy) is 2. The van der Waals surface area contributed by atoms with Crippen LogP contribution < -0.4 is 9.47 Å². The van der Waals surface area contributed by atoms with Gasteiger partial charge in [-0.25, -0.2) is 9.97 Å². The monoisotopic (exact) mass is 434 g/mol. The van der Waals surface area contributed by atoms with Gasteiger partial charge in [0.15, 0.2) is 17.3 Å².